The lowest BCUT2D eigenvalue weighted by atomic mass is 9.98. The molecule has 3 rings (SSSR count). The molecule has 0 radical (unpaired) electrons. The Hall–Kier alpha value is -1.13. The van der Waals surface area contributed by atoms with E-state index in [1.807, 2.05) is 0 Å². The molecule has 1 heteroatoms. The number of allylic oxidation sites excluding steroid dienone is 4. The number of hydrogen-bond acceptors (Lipinski definition) is 0. The van der Waals surface area contributed by atoms with Crippen molar-refractivity contribution >= 4 is 23.7 Å². The van der Waals surface area contributed by atoms with Gasteiger partial charge in [-0.05, 0) is 25.0 Å². The summed E-state index contributed by atoms with van der Waals surface area (Å²) in [7, 11) is -0.0379. The number of benzene rings is 1. The van der Waals surface area contributed by atoms with Crippen molar-refractivity contribution in [2.24, 2.45) is 0 Å². The van der Waals surface area contributed by atoms with Crippen molar-refractivity contribution in [3.05, 3.63) is 48.1 Å². The topological polar surface area (TPSA) is 0 Å². The van der Waals surface area contributed by atoms with E-state index in [2.05, 4.69) is 49.4 Å². The molecule has 2 aliphatic rings. The molecule has 1 aromatic rings. The Morgan fingerprint density at radius 2 is 2.00 bits per heavy atom. The third-order valence-corrected chi connectivity index (χ3v) is 6.88. The maximum Gasteiger partial charge on any atom is 0.156 e. The van der Waals surface area contributed by atoms with E-state index < -0.39 is 0 Å². The first-order valence-electron chi connectivity index (χ1n) is 7.52. The minimum atomic E-state index is -0.0379. The molecular weight excluding hydrogens is 247 g/mol. The van der Waals surface area contributed by atoms with Crippen LogP contribution in [0, 0.1) is 0 Å². The van der Waals surface area contributed by atoms with Crippen molar-refractivity contribution < 1.29 is 0 Å². The summed E-state index contributed by atoms with van der Waals surface area (Å²) in [4.78, 5) is 0. The number of fused-ring (bicyclic) bond motifs is 3. The second kappa shape index (κ2) is 5.88. The number of hydrogen-bond donors (Lipinski definition) is 0. The van der Waals surface area contributed by atoms with Crippen LogP contribution in [0.1, 0.15) is 44.6 Å². The zero-order chi connectivity index (χ0) is 13.1. The van der Waals surface area contributed by atoms with Crippen LogP contribution in [-0.2, 0) is 0 Å². The monoisotopic (exact) mass is 269 g/mol. The Bertz CT molecular complexity index is 561. The zero-order valence-electron chi connectivity index (χ0n) is 11.7. The summed E-state index contributed by atoms with van der Waals surface area (Å²) in [5, 5.41) is 3.37. The lowest BCUT2D eigenvalue weighted by Gasteiger charge is -2.02. The summed E-state index contributed by atoms with van der Waals surface area (Å²) in [5.41, 5.74) is 3.06. The van der Waals surface area contributed by atoms with Gasteiger partial charge in [0.05, 0.1) is 0 Å². The molecule has 19 heavy (non-hydrogen) atoms. The van der Waals surface area contributed by atoms with Crippen LogP contribution in [0.4, 0.5) is 0 Å². The number of rotatable bonds is 5. The summed E-state index contributed by atoms with van der Waals surface area (Å²) < 4.78 is 0. The average molecular weight is 269 g/mol. The molecule has 0 fully saturated rings. The van der Waals surface area contributed by atoms with Gasteiger partial charge in [-0.25, -0.2) is 0 Å². The Labute approximate surface area is 117 Å². The SMILES string of the molecule is CCCCCC[P+]1=C2CC=CC=C2c2ccccc21. The van der Waals surface area contributed by atoms with E-state index in [0.29, 0.717) is 0 Å². The average Bonchev–Trinajstić information content (AvgIpc) is 2.78. The van der Waals surface area contributed by atoms with Crippen molar-refractivity contribution in [3.63, 3.8) is 0 Å². The number of unbranched alkanes of at least 4 members (excludes halogenated alkanes) is 3. The molecule has 98 valence electrons. The molecule has 0 saturated carbocycles. The maximum atomic E-state index is 2.37. The molecular formula is C18H22P+. The van der Waals surface area contributed by atoms with Gasteiger partial charge in [0, 0.05) is 17.6 Å². The van der Waals surface area contributed by atoms with Gasteiger partial charge in [-0.1, -0.05) is 50.1 Å². The second-order valence-electron chi connectivity index (χ2n) is 5.39. The van der Waals surface area contributed by atoms with Gasteiger partial charge < -0.3 is 0 Å². The fourth-order valence-corrected chi connectivity index (χ4v) is 5.99. The van der Waals surface area contributed by atoms with Gasteiger partial charge in [-0.2, -0.15) is 0 Å². The van der Waals surface area contributed by atoms with Gasteiger partial charge in [0.15, 0.2) is 5.30 Å². The van der Waals surface area contributed by atoms with Crippen LogP contribution in [0.2, 0.25) is 0 Å². The first-order valence-corrected chi connectivity index (χ1v) is 9.04. The molecule has 0 nitrogen and oxygen atoms in total. The lowest BCUT2D eigenvalue weighted by molar-refractivity contribution is 0.706. The van der Waals surface area contributed by atoms with Crippen LogP contribution in [0.3, 0.4) is 0 Å². The minimum Gasteiger partial charge on any atom is -0.0763 e. The Morgan fingerprint density at radius 1 is 1.11 bits per heavy atom. The van der Waals surface area contributed by atoms with Crippen molar-refractivity contribution in [1.82, 2.24) is 0 Å². The van der Waals surface area contributed by atoms with Crippen LogP contribution in [0.5, 0.6) is 0 Å². The van der Waals surface area contributed by atoms with Crippen LogP contribution in [0.15, 0.2) is 42.5 Å². The van der Waals surface area contributed by atoms with E-state index in [4.69, 9.17) is 0 Å². The van der Waals surface area contributed by atoms with Crippen molar-refractivity contribution in [3.8, 4) is 0 Å². The third kappa shape index (κ3) is 2.47. The highest BCUT2D eigenvalue weighted by Gasteiger charge is 2.35. The highest BCUT2D eigenvalue weighted by molar-refractivity contribution is 7.68. The molecule has 1 atom stereocenters. The largest absolute Gasteiger partial charge is 0.156 e. The molecule has 1 aliphatic heterocycles. The van der Waals surface area contributed by atoms with Crippen molar-refractivity contribution in [2.45, 2.75) is 39.0 Å². The van der Waals surface area contributed by atoms with Crippen LogP contribution in [0.25, 0.3) is 5.57 Å². The summed E-state index contributed by atoms with van der Waals surface area (Å²) in [6.07, 6.45) is 15.0. The van der Waals surface area contributed by atoms with Gasteiger partial charge in [-0.15, -0.1) is 0 Å². The zero-order valence-corrected chi connectivity index (χ0v) is 12.6. The van der Waals surface area contributed by atoms with E-state index in [-0.39, 0.29) is 7.55 Å². The molecule has 1 aliphatic carbocycles. The van der Waals surface area contributed by atoms with Crippen molar-refractivity contribution in [1.29, 1.82) is 0 Å². The Morgan fingerprint density at radius 3 is 2.89 bits per heavy atom. The molecule has 0 amide bonds. The maximum absolute atomic E-state index is 2.37. The Kier molecular flexibility index (Phi) is 3.99. The predicted molar refractivity (Wildman–Crippen MR) is 88.7 cm³/mol. The third-order valence-electron chi connectivity index (χ3n) is 4.07. The normalized spacial score (nSPS) is 18.3. The summed E-state index contributed by atoms with van der Waals surface area (Å²) in [5.74, 6) is 0. The molecule has 1 unspecified atom stereocenters. The quantitative estimate of drug-likeness (QED) is 0.526. The van der Waals surface area contributed by atoms with Gasteiger partial charge >= 0.3 is 0 Å². The van der Waals surface area contributed by atoms with E-state index in [1.165, 1.54) is 43.8 Å². The molecule has 0 bridgehead atoms. The van der Waals surface area contributed by atoms with Gasteiger partial charge in [0.2, 0.25) is 0 Å². The second-order valence-corrected chi connectivity index (χ2v) is 7.71. The smallest absolute Gasteiger partial charge is 0.0763 e. The minimum absolute atomic E-state index is 0.0379. The van der Waals surface area contributed by atoms with E-state index in [9.17, 15) is 0 Å². The molecule has 0 N–H and O–H groups in total. The highest BCUT2D eigenvalue weighted by Crippen LogP contribution is 2.42. The molecule has 0 spiro atoms. The van der Waals surface area contributed by atoms with Crippen molar-refractivity contribution in [2.75, 3.05) is 6.16 Å². The summed E-state index contributed by atoms with van der Waals surface area (Å²) >= 11 is 0. The lowest BCUT2D eigenvalue weighted by Crippen LogP contribution is -2.00. The van der Waals surface area contributed by atoms with E-state index in [0.717, 1.165) is 0 Å². The fourth-order valence-electron chi connectivity index (χ4n) is 3.09. The standard InChI is InChI=1S/C18H22P/c1-2-3-4-9-14-19-17-12-7-5-10-15(17)16-11-6-8-13-18(16)19/h5-8,10-12H,2-4,9,13-14H2,1H3/q+1. The molecule has 0 saturated heterocycles. The summed E-state index contributed by atoms with van der Waals surface area (Å²) in [6.45, 7) is 2.29. The first kappa shape index (κ1) is 12.9. The highest BCUT2D eigenvalue weighted by atomic mass is 31.1. The van der Waals surface area contributed by atoms with Gasteiger partial charge in [0.1, 0.15) is 19.0 Å². The molecule has 1 aromatic carbocycles. The predicted octanol–water partition coefficient (Wildman–Crippen LogP) is 4.90. The first-order chi connectivity index (χ1) is 9.42. The molecule has 0 aromatic heterocycles. The molecule has 1 heterocycles. The van der Waals surface area contributed by atoms with Crippen LogP contribution < -0.4 is 5.30 Å². The van der Waals surface area contributed by atoms with Gasteiger partial charge in [0.25, 0.3) is 0 Å². The van der Waals surface area contributed by atoms with Gasteiger partial charge in [-0.3, -0.25) is 0 Å². The Balaban J connectivity index is 1.88. The van der Waals surface area contributed by atoms with E-state index in [1.54, 1.807) is 16.2 Å². The van der Waals surface area contributed by atoms with E-state index >= 15 is 0 Å². The van der Waals surface area contributed by atoms with Crippen LogP contribution in [-0.4, -0.2) is 11.5 Å². The summed E-state index contributed by atoms with van der Waals surface area (Å²) in [6, 6.07) is 9.08. The fraction of sp³-hybridized carbons (Fsp3) is 0.389. The van der Waals surface area contributed by atoms with Crippen LogP contribution >= 0.6 is 7.55 Å².